The van der Waals surface area contributed by atoms with Crippen LogP contribution in [0.2, 0.25) is 5.02 Å². The Balaban J connectivity index is 1.75. The van der Waals surface area contributed by atoms with E-state index >= 15 is 0 Å². The van der Waals surface area contributed by atoms with E-state index < -0.39 is 0 Å². The second-order valence-electron chi connectivity index (χ2n) is 5.31. The summed E-state index contributed by atoms with van der Waals surface area (Å²) in [4.78, 5) is 18.3. The van der Waals surface area contributed by atoms with Crippen LogP contribution in [0.15, 0.2) is 34.9 Å². The number of oxazole rings is 1. The van der Waals surface area contributed by atoms with Crippen LogP contribution in [0.3, 0.4) is 0 Å². The van der Waals surface area contributed by atoms with Crippen LogP contribution in [-0.4, -0.2) is 34.9 Å². The lowest BCUT2D eigenvalue weighted by Crippen LogP contribution is -2.54. The number of amides is 1. The van der Waals surface area contributed by atoms with Crippen molar-refractivity contribution in [3.63, 3.8) is 0 Å². The largest absolute Gasteiger partial charge is 0.439 e. The SMILES string of the molecule is CCC1C(=O)NCCN1Cc1ncc(-c2cccc(Cl)c2)o1. The molecule has 1 fully saturated rings. The van der Waals surface area contributed by atoms with E-state index in [0.717, 1.165) is 18.5 Å². The van der Waals surface area contributed by atoms with E-state index in [0.29, 0.717) is 29.8 Å². The molecule has 0 bridgehead atoms. The van der Waals surface area contributed by atoms with Gasteiger partial charge in [0.2, 0.25) is 11.8 Å². The standard InChI is InChI=1S/C16H18ClN3O2/c1-2-13-16(21)18-6-7-20(13)10-15-19-9-14(22-15)11-4-3-5-12(17)8-11/h3-5,8-9,13H,2,6-7,10H2,1H3,(H,18,21). The highest BCUT2D eigenvalue weighted by molar-refractivity contribution is 6.30. The van der Waals surface area contributed by atoms with Crippen molar-refractivity contribution in [2.75, 3.05) is 13.1 Å². The Bertz CT molecular complexity index is 671. The van der Waals surface area contributed by atoms with Gasteiger partial charge in [-0.05, 0) is 18.6 Å². The van der Waals surface area contributed by atoms with Crippen LogP contribution in [-0.2, 0) is 11.3 Å². The van der Waals surface area contributed by atoms with Gasteiger partial charge in [0.25, 0.3) is 0 Å². The van der Waals surface area contributed by atoms with Crippen molar-refractivity contribution in [3.8, 4) is 11.3 Å². The van der Waals surface area contributed by atoms with Crippen molar-refractivity contribution >= 4 is 17.5 Å². The maximum absolute atomic E-state index is 11.9. The zero-order chi connectivity index (χ0) is 15.5. The molecular formula is C16H18ClN3O2. The minimum absolute atomic E-state index is 0.0790. The molecule has 22 heavy (non-hydrogen) atoms. The Morgan fingerprint density at radius 3 is 3.14 bits per heavy atom. The summed E-state index contributed by atoms with van der Waals surface area (Å²) < 4.78 is 5.81. The van der Waals surface area contributed by atoms with Gasteiger partial charge in [0.05, 0.1) is 18.8 Å². The Labute approximate surface area is 134 Å². The predicted octanol–water partition coefficient (Wildman–Crippen LogP) is 2.71. The minimum atomic E-state index is -0.115. The van der Waals surface area contributed by atoms with Crippen LogP contribution in [0, 0.1) is 0 Å². The topological polar surface area (TPSA) is 58.4 Å². The average Bonchev–Trinajstić information content (AvgIpc) is 2.96. The molecule has 0 spiro atoms. The second kappa shape index (κ2) is 6.50. The molecule has 6 heteroatoms. The molecule has 5 nitrogen and oxygen atoms in total. The number of aromatic nitrogens is 1. The molecular weight excluding hydrogens is 302 g/mol. The molecule has 0 saturated carbocycles. The molecule has 1 aromatic carbocycles. The van der Waals surface area contributed by atoms with Gasteiger partial charge >= 0.3 is 0 Å². The number of carbonyl (C=O) groups is 1. The number of hydrogen-bond donors (Lipinski definition) is 1. The zero-order valence-electron chi connectivity index (χ0n) is 12.4. The van der Waals surface area contributed by atoms with Gasteiger partial charge in [0.15, 0.2) is 5.76 Å². The number of nitrogens with one attached hydrogen (secondary N) is 1. The van der Waals surface area contributed by atoms with Gasteiger partial charge in [-0.2, -0.15) is 0 Å². The van der Waals surface area contributed by atoms with E-state index in [1.807, 2.05) is 31.2 Å². The first-order chi connectivity index (χ1) is 10.7. The third kappa shape index (κ3) is 3.15. The molecule has 2 heterocycles. The highest BCUT2D eigenvalue weighted by atomic mass is 35.5. The van der Waals surface area contributed by atoms with Gasteiger partial charge in [-0.25, -0.2) is 4.98 Å². The lowest BCUT2D eigenvalue weighted by Gasteiger charge is -2.33. The van der Waals surface area contributed by atoms with Crippen LogP contribution in [0.5, 0.6) is 0 Å². The Hall–Kier alpha value is -1.85. The van der Waals surface area contributed by atoms with E-state index in [2.05, 4.69) is 15.2 Å². The molecule has 1 atom stereocenters. The number of halogens is 1. The Morgan fingerprint density at radius 1 is 1.50 bits per heavy atom. The molecule has 1 unspecified atom stereocenters. The third-order valence-corrected chi connectivity index (χ3v) is 4.06. The number of piperazine rings is 1. The van der Waals surface area contributed by atoms with E-state index in [1.165, 1.54) is 0 Å². The summed E-state index contributed by atoms with van der Waals surface area (Å²) in [6.07, 6.45) is 2.47. The quantitative estimate of drug-likeness (QED) is 0.941. The van der Waals surface area contributed by atoms with Gasteiger partial charge in [-0.1, -0.05) is 30.7 Å². The van der Waals surface area contributed by atoms with Crippen molar-refractivity contribution < 1.29 is 9.21 Å². The monoisotopic (exact) mass is 319 g/mol. The molecule has 116 valence electrons. The highest BCUT2D eigenvalue weighted by Crippen LogP contribution is 2.24. The minimum Gasteiger partial charge on any atom is -0.439 e. The molecule has 1 saturated heterocycles. The van der Waals surface area contributed by atoms with Crippen molar-refractivity contribution in [1.82, 2.24) is 15.2 Å². The zero-order valence-corrected chi connectivity index (χ0v) is 13.1. The first kappa shape index (κ1) is 15.1. The molecule has 0 radical (unpaired) electrons. The van der Waals surface area contributed by atoms with E-state index in [1.54, 1.807) is 6.20 Å². The number of rotatable bonds is 4. The van der Waals surface area contributed by atoms with Gasteiger partial charge in [-0.15, -0.1) is 0 Å². The average molecular weight is 320 g/mol. The smallest absolute Gasteiger partial charge is 0.237 e. The molecule has 1 N–H and O–H groups in total. The fourth-order valence-electron chi connectivity index (χ4n) is 2.73. The highest BCUT2D eigenvalue weighted by Gasteiger charge is 2.28. The van der Waals surface area contributed by atoms with E-state index in [9.17, 15) is 4.79 Å². The summed E-state index contributed by atoms with van der Waals surface area (Å²) in [6.45, 7) is 4.01. The molecule has 1 amide bonds. The maximum atomic E-state index is 11.9. The van der Waals surface area contributed by atoms with Crippen LogP contribution in [0.1, 0.15) is 19.2 Å². The predicted molar refractivity (Wildman–Crippen MR) is 84.4 cm³/mol. The second-order valence-corrected chi connectivity index (χ2v) is 5.75. The van der Waals surface area contributed by atoms with Crippen LogP contribution >= 0.6 is 11.6 Å². The van der Waals surface area contributed by atoms with E-state index in [4.69, 9.17) is 16.0 Å². The van der Waals surface area contributed by atoms with Crippen LogP contribution < -0.4 is 5.32 Å². The lowest BCUT2D eigenvalue weighted by molar-refractivity contribution is -0.129. The Morgan fingerprint density at radius 2 is 2.36 bits per heavy atom. The van der Waals surface area contributed by atoms with Crippen molar-refractivity contribution in [2.45, 2.75) is 25.9 Å². The molecule has 2 aromatic rings. The summed E-state index contributed by atoms with van der Waals surface area (Å²) >= 11 is 6.00. The van der Waals surface area contributed by atoms with Gasteiger partial charge < -0.3 is 9.73 Å². The molecule has 1 aliphatic heterocycles. The first-order valence-electron chi connectivity index (χ1n) is 7.39. The number of hydrogen-bond acceptors (Lipinski definition) is 4. The summed E-state index contributed by atoms with van der Waals surface area (Å²) in [7, 11) is 0. The van der Waals surface area contributed by atoms with Crippen LogP contribution in [0.25, 0.3) is 11.3 Å². The molecule has 1 aromatic heterocycles. The summed E-state index contributed by atoms with van der Waals surface area (Å²) in [5.41, 5.74) is 0.898. The fourth-order valence-corrected chi connectivity index (χ4v) is 2.92. The summed E-state index contributed by atoms with van der Waals surface area (Å²) in [6, 6.07) is 7.35. The lowest BCUT2D eigenvalue weighted by atomic mass is 10.1. The maximum Gasteiger partial charge on any atom is 0.237 e. The van der Waals surface area contributed by atoms with Crippen molar-refractivity contribution in [3.05, 3.63) is 41.4 Å². The summed E-state index contributed by atoms with van der Waals surface area (Å²) in [5, 5.41) is 3.55. The number of carbonyl (C=O) groups excluding carboxylic acids is 1. The van der Waals surface area contributed by atoms with Crippen molar-refractivity contribution in [1.29, 1.82) is 0 Å². The molecule has 0 aliphatic carbocycles. The van der Waals surface area contributed by atoms with Gasteiger partial charge in [0, 0.05) is 23.7 Å². The Kier molecular flexibility index (Phi) is 4.45. The summed E-state index contributed by atoms with van der Waals surface area (Å²) in [5.74, 6) is 1.38. The number of benzene rings is 1. The fraction of sp³-hybridized carbons (Fsp3) is 0.375. The van der Waals surface area contributed by atoms with Crippen molar-refractivity contribution in [2.24, 2.45) is 0 Å². The van der Waals surface area contributed by atoms with Gasteiger partial charge in [0.1, 0.15) is 0 Å². The third-order valence-electron chi connectivity index (χ3n) is 3.83. The number of nitrogens with zero attached hydrogens (tertiary/aromatic N) is 2. The molecule has 1 aliphatic rings. The van der Waals surface area contributed by atoms with Crippen LogP contribution in [0.4, 0.5) is 0 Å². The first-order valence-corrected chi connectivity index (χ1v) is 7.77. The van der Waals surface area contributed by atoms with Gasteiger partial charge in [-0.3, -0.25) is 9.69 Å². The van der Waals surface area contributed by atoms with E-state index in [-0.39, 0.29) is 11.9 Å². The normalized spacial score (nSPS) is 19.2. The molecule has 3 rings (SSSR count).